The summed E-state index contributed by atoms with van der Waals surface area (Å²) in [5.41, 5.74) is 2.35. The summed E-state index contributed by atoms with van der Waals surface area (Å²) < 4.78 is 0. The van der Waals surface area contributed by atoms with Gasteiger partial charge in [0.2, 0.25) is 6.08 Å². The van der Waals surface area contributed by atoms with Crippen LogP contribution in [0.3, 0.4) is 0 Å². The van der Waals surface area contributed by atoms with Crippen molar-refractivity contribution in [1.82, 2.24) is 0 Å². The molecule has 0 spiro atoms. The van der Waals surface area contributed by atoms with E-state index >= 15 is 0 Å². The van der Waals surface area contributed by atoms with E-state index in [9.17, 15) is 4.79 Å². The molecule has 0 amide bonds. The number of nitriles is 1. The number of benzene rings is 1. The first-order valence-corrected chi connectivity index (χ1v) is 3.81. The lowest BCUT2D eigenvalue weighted by Gasteiger charge is -1.99. The van der Waals surface area contributed by atoms with Crippen LogP contribution < -0.4 is 0 Å². The van der Waals surface area contributed by atoms with Gasteiger partial charge in [-0.1, -0.05) is 12.1 Å². The number of aliphatic imine (C=N–C) groups is 1. The van der Waals surface area contributed by atoms with Gasteiger partial charge in [0.05, 0.1) is 18.2 Å². The first-order chi connectivity index (χ1) is 6.27. The van der Waals surface area contributed by atoms with Crippen LogP contribution >= 0.6 is 0 Å². The molecular weight excluding hydrogens is 164 g/mol. The van der Waals surface area contributed by atoms with Crippen LogP contribution in [-0.2, 0) is 11.3 Å². The highest BCUT2D eigenvalue weighted by atomic mass is 16.1. The number of aryl methyl sites for hydroxylation is 1. The quantitative estimate of drug-likeness (QED) is 0.503. The molecule has 1 aromatic rings. The monoisotopic (exact) mass is 172 g/mol. The fraction of sp³-hybridized carbons (Fsp3) is 0.200. The van der Waals surface area contributed by atoms with E-state index in [-0.39, 0.29) is 6.54 Å². The molecule has 0 atom stereocenters. The van der Waals surface area contributed by atoms with Crippen molar-refractivity contribution in [1.29, 1.82) is 5.26 Å². The Labute approximate surface area is 76.3 Å². The molecule has 0 aliphatic heterocycles. The Morgan fingerprint density at radius 3 is 2.92 bits per heavy atom. The number of hydrogen-bond acceptors (Lipinski definition) is 3. The van der Waals surface area contributed by atoms with Crippen molar-refractivity contribution in [2.75, 3.05) is 0 Å². The summed E-state index contributed by atoms with van der Waals surface area (Å²) in [5, 5.41) is 8.75. The molecule has 0 radical (unpaired) electrons. The minimum absolute atomic E-state index is 0.229. The standard InChI is InChI=1S/C10H8N2O/c1-8-2-3-9(6-12-7-13)10(4-8)5-11/h2-4H,6H2,1H3. The van der Waals surface area contributed by atoms with Crippen LogP contribution in [0.15, 0.2) is 23.2 Å². The van der Waals surface area contributed by atoms with E-state index < -0.39 is 0 Å². The molecule has 0 heterocycles. The molecule has 0 saturated heterocycles. The third kappa shape index (κ3) is 2.26. The van der Waals surface area contributed by atoms with Gasteiger partial charge in [0, 0.05) is 0 Å². The summed E-state index contributed by atoms with van der Waals surface area (Å²) in [7, 11) is 0. The minimum Gasteiger partial charge on any atom is -0.211 e. The number of hydrogen-bond donors (Lipinski definition) is 0. The number of nitrogens with zero attached hydrogens (tertiary/aromatic N) is 2. The van der Waals surface area contributed by atoms with Gasteiger partial charge in [0.15, 0.2) is 0 Å². The number of isocyanates is 1. The van der Waals surface area contributed by atoms with Crippen LogP contribution in [-0.4, -0.2) is 6.08 Å². The summed E-state index contributed by atoms with van der Waals surface area (Å²) in [5.74, 6) is 0. The molecule has 1 aromatic carbocycles. The van der Waals surface area contributed by atoms with Gasteiger partial charge in [-0.2, -0.15) is 5.26 Å². The van der Waals surface area contributed by atoms with Crippen molar-refractivity contribution in [2.24, 2.45) is 4.99 Å². The second kappa shape index (κ2) is 4.20. The van der Waals surface area contributed by atoms with Gasteiger partial charge in [-0.3, -0.25) is 0 Å². The Morgan fingerprint density at radius 2 is 2.31 bits per heavy atom. The van der Waals surface area contributed by atoms with Gasteiger partial charge in [-0.15, -0.1) is 0 Å². The molecule has 1 rings (SSSR count). The highest BCUT2D eigenvalue weighted by molar-refractivity contribution is 5.41. The van der Waals surface area contributed by atoms with Crippen molar-refractivity contribution < 1.29 is 4.79 Å². The lowest BCUT2D eigenvalue weighted by atomic mass is 10.1. The van der Waals surface area contributed by atoms with Gasteiger partial charge in [0.1, 0.15) is 0 Å². The van der Waals surface area contributed by atoms with Crippen molar-refractivity contribution in [2.45, 2.75) is 13.5 Å². The van der Waals surface area contributed by atoms with Gasteiger partial charge >= 0.3 is 0 Å². The largest absolute Gasteiger partial charge is 0.235 e. The lowest BCUT2D eigenvalue weighted by molar-refractivity contribution is 0.563. The van der Waals surface area contributed by atoms with Crippen LogP contribution in [0.4, 0.5) is 0 Å². The molecule has 3 heteroatoms. The molecule has 0 saturated carbocycles. The fourth-order valence-electron chi connectivity index (χ4n) is 1.05. The average molecular weight is 172 g/mol. The van der Waals surface area contributed by atoms with Crippen LogP contribution in [0, 0.1) is 18.3 Å². The number of carbonyl (C=O) groups excluding carboxylic acids is 1. The number of rotatable bonds is 2. The van der Waals surface area contributed by atoms with Gasteiger partial charge in [-0.25, -0.2) is 9.79 Å². The van der Waals surface area contributed by atoms with Crippen LogP contribution in [0.5, 0.6) is 0 Å². The minimum atomic E-state index is 0.229. The zero-order valence-corrected chi connectivity index (χ0v) is 7.24. The molecular formula is C10H8N2O. The molecule has 0 fully saturated rings. The maximum atomic E-state index is 9.87. The molecule has 3 nitrogen and oxygen atoms in total. The molecule has 64 valence electrons. The zero-order valence-electron chi connectivity index (χ0n) is 7.24. The Balaban J connectivity index is 3.07. The maximum absolute atomic E-state index is 9.87. The predicted octanol–water partition coefficient (Wildman–Crippen LogP) is 1.70. The van der Waals surface area contributed by atoms with Gasteiger partial charge in [-0.05, 0) is 24.1 Å². The fourth-order valence-corrected chi connectivity index (χ4v) is 1.05. The van der Waals surface area contributed by atoms with Crippen LogP contribution in [0.2, 0.25) is 0 Å². The second-order valence-corrected chi connectivity index (χ2v) is 2.68. The molecule has 13 heavy (non-hydrogen) atoms. The maximum Gasteiger partial charge on any atom is 0.235 e. The summed E-state index contributed by atoms with van der Waals surface area (Å²) in [6.45, 7) is 2.14. The smallest absolute Gasteiger partial charge is 0.211 e. The highest BCUT2D eigenvalue weighted by Gasteiger charge is 2.00. The second-order valence-electron chi connectivity index (χ2n) is 2.68. The van der Waals surface area contributed by atoms with Crippen molar-refractivity contribution >= 4 is 6.08 Å². The van der Waals surface area contributed by atoms with E-state index in [0.717, 1.165) is 11.1 Å². The predicted molar refractivity (Wildman–Crippen MR) is 47.7 cm³/mol. The Morgan fingerprint density at radius 1 is 1.54 bits per heavy atom. The first-order valence-electron chi connectivity index (χ1n) is 3.81. The molecule has 0 aliphatic carbocycles. The average Bonchev–Trinajstić information content (AvgIpc) is 2.16. The van der Waals surface area contributed by atoms with Crippen LogP contribution in [0.1, 0.15) is 16.7 Å². The van der Waals surface area contributed by atoms with E-state index in [4.69, 9.17) is 5.26 Å². The molecule has 0 bridgehead atoms. The third-order valence-corrected chi connectivity index (χ3v) is 1.70. The SMILES string of the molecule is Cc1ccc(CN=C=O)c(C#N)c1. The van der Waals surface area contributed by atoms with E-state index in [1.54, 1.807) is 12.1 Å². The summed E-state index contributed by atoms with van der Waals surface area (Å²) in [4.78, 5) is 13.3. The molecule has 0 aliphatic rings. The van der Waals surface area contributed by atoms with Crippen LogP contribution in [0.25, 0.3) is 0 Å². The van der Waals surface area contributed by atoms with Crippen molar-refractivity contribution in [3.05, 3.63) is 34.9 Å². The van der Waals surface area contributed by atoms with E-state index in [0.29, 0.717) is 5.56 Å². The van der Waals surface area contributed by atoms with Crippen molar-refractivity contribution in [3.8, 4) is 6.07 Å². The normalized spacial score (nSPS) is 8.62. The summed E-state index contributed by atoms with van der Waals surface area (Å²) >= 11 is 0. The Bertz CT molecular complexity index is 398. The summed E-state index contributed by atoms with van der Waals surface area (Å²) in [6, 6.07) is 7.51. The van der Waals surface area contributed by atoms with Gasteiger partial charge < -0.3 is 0 Å². The summed E-state index contributed by atoms with van der Waals surface area (Å²) in [6.07, 6.45) is 1.45. The topological polar surface area (TPSA) is 53.2 Å². The van der Waals surface area contributed by atoms with E-state index in [1.807, 2.05) is 13.0 Å². The lowest BCUT2D eigenvalue weighted by Crippen LogP contribution is -1.88. The third-order valence-electron chi connectivity index (χ3n) is 1.70. The van der Waals surface area contributed by atoms with Crippen molar-refractivity contribution in [3.63, 3.8) is 0 Å². The molecule has 0 N–H and O–H groups in total. The first kappa shape index (κ1) is 9.18. The Hall–Kier alpha value is -1.91. The van der Waals surface area contributed by atoms with E-state index in [2.05, 4.69) is 11.1 Å². The Kier molecular flexibility index (Phi) is 2.97. The van der Waals surface area contributed by atoms with Gasteiger partial charge in [0.25, 0.3) is 0 Å². The zero-order chi connectivity index (χ0) is 9.68. The molecule has 0 unspecified atom stereocenters. The highest BCUT2D eigenvalue weighted by Crippen LogP contribution is 2.11. The van der Waals surface area contributed by atoms with E-state index in [1.165, 1.54) is 6.08 Å². The molecule has 0 aromatic heterocycles.